The van der Waals surface area contributed by atoms with E-state index in [1.54, 1.807) is 18.2 Å². The summed E-state index contributed by atoms with van der Waals surface area (Å²) in [4.78, 5) is 22.2. The summed E-state index contributed by atoms with van der Waals surface area (Å²) < 4.78 is 0. The van der Waals surface area contributed by atoms with Crippen molar-refractivity contribution in [2.45, 2.75) is 26.2 Å². The Kier molecular flexibility index (Phi) is 5.84. The van der Waals surface area contributed by atoms with Crippen LogP contribution >= 0.6 is 0 Å². The van der Waals surface area contributed by atoms with Gasteiger partial charge in [-0.15, -0.1) is 0 Å². The fourth-order valence-corrected chi connectivity index (χ4v) is 2.23. The number of nitrogens with zero attached hydrogens (tertiary/aromatic N) is 1. The first kappa shape index (κ1) is 17.4. The minimum Gasteiger partial charge on any atom is -0.323 e. The van der Waals surface area contributed by atoms with E-state index in [4.69, 9.17) is 0 Å². The van der Waals surface area contributed by atoms with E-state index in [1.807, 2.05) is 24.3 Å². The molecular formula is C19H20N2O3. The maximum Gasteiger partial charge on any atom is 0.270 e. The van der Waals surface area contributed by atoms with Crippen LogP contribution in [0.15, 0.2) is 54.6 Å². The molecule has 0 aromatic heterocycles. The van der Waals surface area contributed by atoms with Gasteiger partial charge < -0.3 is 5.32 Å². The highest BCUT2D eigenvalue weighted by atomic mass is 16.6. The molecule has 0 spiro atoms. The number of benzene rings is 2. The molecule has 0 fully saturated rings. The molecule has 5 nitrogen and oxygen atoms in total. The Morgan fingerprint density at radius 3 is 2.58 bits per heavy atom. The summed E-state index contributed by atoms with van der Waals surface area (Å²) in [6.07, 6.45) is 3.98. The summed E-state index contributed by atoms with van der Waals surface area (Å²) in [7, 11) is 0. The number of nitro benzene ring substituents is 1. The highest BCUT2D eigenvalue weighted by Gasteiger charge is 2.05. The molecular weight excluding hydrogens is 304 g/mol. The lowest BCUT2D eigenvalue weighted by Crippen LogP contribution is -2.07. The molecule has 1 N–H and O–H groups in total. The molecule has 5 heteroatoms. The van der Waals surface area contributed by atoms with Crippen molar-refractivity contribution in [3.8, 4) is 0 Å². The van der Waals surface area contributed by atoms with Crippen LogP contribution in [0.2, 0.25) is 0 Å². The van der Waals surface area contributed by atoms with E-state index in [2.05, 4.69) is 19.2 Å². The minimum absolute atomic E-state index is 0.00168. The Balaban J connectivity index is 2.00. The molecule has 0 aliphatic heterocycles. The van der Waals surface area contributed by atoms with Crippen molar-refractivity contribution in [1.29, 1.82) is 0 Å². The fraction of sp³-hybridized carbons (Fsp3) is 0.211. The van der Waals surface area contributed by atoms with Gasteiger partial charge in [-0.3, -0.25) is 14.9 Å². The molecule has 24 heavy (non-hydrogen) atoms. The van der Waals surface area contributed by atoms with Gasteiger partial charge >= 0.3 is 0 Å². The topological polar surface area (TPSA) is 72.2 Å². The Morgan fingerprint density at radius 2 is 1.96 bits per heavy atom. The van der Waals surface area contributed by atoms with E-state index in [0.717, 1.165) is 12.1 Å². The van der Waals surface area contributed by atoms with E-state index < -0.39 is 4.92 Å². The number of hydrogen-bond donors (Lipinski definition) is 1. The number of hydrogen-bond acceptors (Lipinski definition) is 3. The summed E-state index contributed by atoms with van der Waals surface area (Å²) >= 11 is 0. The first-order valence-corrected chi connectivity index (χ1v) is 7.83. The Hall–Kier alpha value is -2.95. The average Bonchev–Trinajstić information content (AvgIpc) is 2.60. The predicted molar refractivity (Wildman–Crippen MR) is 95.9 cm³/mol. The zero-order chi connectivity index (χ0) is 17.5. The largest absolute Gasteiger partial charge is 0.323 e. The number of anilines is 1. The molecule has 0 radical (unpaired) electrons. The van der Waals surface area contributed by atoms with Gasteiger partial charge in [-0.25, -0.2) is 0 Å². The van der Waals surface area contributed by atoms with Gasteiger partial charge in [0, 0.05) is 23.9 Å². The quantitative estimate of drug-likeness (QED) is 0.473. The van der Waals surface area contributed by atoms with Gasteiger partial charge in [-0.05, 0) is 41.7 Å². The molecule has 2 aromatic rings. The standard InChI is InChI=1S/C19H20N2O3/c1-3-14(2)16-8-10-17(11-9-16)20-19(22)12-7-15-5-4-6-18(13-15)21(23)24/h4-14H,3H2,1-2H3,(H,20,22). The zero-order valence-corrected chi connectivity index (χ0v) is 13.7. The first-order valence-electron chi connectivity index (χ1n) is 7.83. The third-order valence-electron chi connectivity index (χ3n) is 3.87. The lowest BCUT2D eigenvalue weighted by molar-refractivity contribution is -0.384. The fourth-order valence-electron chi connectivity index (χ4n) is 2.23. The molecule has 1 amide bonds. The molecule has 0 saturated heterocycles. The van der Waals surface area contributed by atoms with Crippen molar-refractivity contribution >= 4 is 23.4 Å². The Bertz CT molecular complexity index is 751. The van der Waals surface area contributed by atoms with Crippen LogP contribution in [-0.2, 0) is 4.79 Å². The van der Waals surface area contributed by atoms with E-state index in [1.165, 1.54) is 23.8 Å². The van der Waals surface area contributed by atoms with Crippen molar-refractivity contribution in [2.24, 2.45) is 0 Å². The van der Waals surface area contributed by atoms with Crippen LogP contribution in [0.5, 0.6) is 0 Å². The lowest BCUT2D eigenvalue weighted by atomic mass is 9.99. The van der Waals surface area contributed by atoms with Crippen molar-refractivity contribution in [2.75, 3.05) is 5.32 Å². The molecule has 0 bridgehead atoms. The number of nitrogens with one attached hydrogen (secondary N) is 1. The van der Waals surface area contributed by atoms with Gasteiger partial charge in [0.15, 0.2) is 0 Å². The van der Waals surface area contributed by atoms with Crippen LogP contribution in [0, 0.1) is 10.1 Å². The number of rotatable bonds is 6. The van der Waals surface area contributed by atoms with Crippen LogP contribution in [0.3, 0.4) is 0 Å². The van der Waals surface area contributed by atoms with Crippen molar-refractivity contribution < 1.29 is 9.72 Å². The van der Waals surface area contributed by atoms with Crippen molar-refractivity contribution in [3.63, 3.8) is 0 Å². The molecule has 124 valence electrons. The molecule has 1 atom stereocenters. The van der Waals surface area contributed by atoms with Gasteiger partial charge in [-0.2, -0.15) is 0 Å². The highest BCUT2D eigenvalue weighted by molar-refractivity contribution is 6.01. The molecule has 1 unspecified atom stereocenters. The Labute approximate surface area is 141 Å². The normalized spacial score (nSPS) is 12.1. The second-order valence-corrected chi connectivity index (χ2v) is 5.61. The minimum atomic E-state index is -0.462. The number of carbonyl (C=O) groups excluding carboxylic acids is 1. The molecule has 0 aliphatic carbocycles. The lowest BCUT2D eigenvalue weighted by Gasteiger charge is -2.09. The maximum atomic E-state index is 11.9. The molecule has 0 aliphatic rings. The summed E-state index contributed by atoms with van der Waals surface area (Å²) in [6.45, 7) is 4.30. The molecule has 2 aromatic carbocycles. The van der Waals surface area contributed by atoms with Gasteiger partial charge in [0.05, 0.1) is 4.92 Å². The van der Waals surface area contributed by atoms with E-state index in [-0.39, 0.29) is 11.6 Å². The number of non-ortho nitro benzene ring substituents is 1. The molecule has 2 rings (SSSR count). The predicted octanol–water partition coefficient (Wildman–Crippen LogP) is 4.76. The van der Waals surface area contributed by atoms with E-state index in [0.29, 0.717) is 11.5 Å². The van der Waals surface area contributed by atoms with Gasteiger partial charge in [-0.1, -0.05) is 38.1 Å². The van der Waals surface area contributed by atoms with Crippen LogP contribution in [0.25, 0.3) is 6.08 Å². The van der Waals surface area contributed by atoms with Crippen LogP contribution in [0.4, 0.5) is 11.4 Å². The van der Waals surface area contributed by atoms with Gasteiger partial charge in [0.1, 0.15) is 0 Å². The van der Waals surface area contributed by atoms with Crippen LogP contribution < -0.4 is 5.32 Å². The Morgan fingerprint density at radius 1 is 1.25 bits per heavy atom. The summed E-state index contributed by atoms with van der Waals surface area (Å²) in [5.74, 6) is 0.210. The van der Waals surface area contributed by atoms with E-state index in [9.17, 15) is 14.9 Å². The van der Waals surface area contributed by atoms with Gasteiger partial charge in [0.25, 0.3) is 5.69 Å². The highest BCUT2D eigenvalue weighted by Crippen LogP contribution is 2.20. The summed E-state index contributed by atoms with van der Waals surface area (Å²) in [5, 5.41) is 13.5. The average molecular weight is 324 g/mol. The smallest absolute Gasteiger partial charge is 0.270 e. The molecule has 0 saturated carbocycles. The third-order valence-corrected chi connectivity index (χ3v) is 3.87. The van der Waals surface area contributed by atoms with E-state index >= 15 is 0 Å². The SMILES string of the molecule is CCC(C)c1ccc(NC(=O)C=Cc2cccc([N+](=O)[O-])c2)cc1. The van der Waals surface area contributed by atoms with Gasteiger partial charge in [0.2, 0.25) is 5.91 Å². The summed E-state index contributed by atoms with van der Waals surface area (Å²) in [5.41, 5.74) is 2.56. The monoisotopic (exact) mass is 324 g/mol. The van der Waals surface area contributed by atoms with Crippen LogP contribution in [0.1, 0.15) is 37.3 Å². The maximum absolute atomic E-state index is 11.9. The summed E-state index contributed by atoms with van der Waals surface area (Å²) in [6, 6.07) is 13.9. The van der Waals surface area contributed by atoms with Crippen molar-refractivity contribution in [3.05, 3.63) is 75.8 Å². The second kappa shape index (κ2) is 8.06. The van der Waals surface area contributed by atoms with Crippen LogP contribution in [-0.4, -0.2) is 10.8 Å². The number of nitro groups is 1. The third kappa shape index (κ3) is 4.78. The first-order chi connectivity index (χ1) is 11.5. The zero-order valence-electron chi connectivity index (χ0n) is 13.7. The number of amides is 1. The molecule has 0 heterocycles. The van der Waals surface area contributed by atoms with Crippen molar-refractivity contribution in [1.82, 2.24) is 0 Å². The second-order valence-electron chi connectivity index (χ2n) is 5.61. The number of carbonyl (C=O) groups is 1.